The highest BCUT2D eigenvalue weighted by molar-refractivity contribution is 5.85. The summed E-state index contributed by atoms with van der Waals surface area (Å²) in [5.74, 6) is -2.05. The highest BCUT2D eigenvalue weighted by atomic mass is 35.5. The lowest BCUT2D eigenvalue weighted by Crippen LogP contribution is -2.40. The van der Waals surface area contributed by atoms with Crippen molar-refractivity contribution in [2.75, 3.05) is 13.7 Å². The number of alkyl halides is 3. The summed E-state index contributed by atoms with van der Waals surface area (Å²) in [6, 6.07) is 0.895. The van der Waals surface area contributed by atoms with E-state index in [0.29, 0.717) is 11.5 Å². The monoisotopic (exact) mass is 469 g/mol. The van der Waals surface area contributed by atoms with Gasteiger partial charge in [0.15, 0.2) is 5.82 Å². The summed E-state index contributed by atoms with van der Waals surface area (Å²) < 4.78 is 63.6. The minimum absolute atomic E-state index is 0. The number of aromatic nitrogens is 1. The third-order valence-corrected chi connectivity index (χ3v) is 5.71. The van der Waals surface area contributed by atoms with Crippen LogP contribution >= 0.6 is 12.4 Å². The van der Waals surface area contributed by atoms with Gasteiger partial charge in [0.2, 0.25) is 11.8 Å². The Labute approximate surface area is 184 Å². The molecule has 1 amide bonds. The highest BCUT2D eigenvalue weighted by Crippen LogP contribution is 2.38. The van der Waals surface area contributed by atoms with Gasteiger partial charge in [-0.25, -0.2) is 4.39 Å². The highest BCUT2D eigenvalue weighted by Gasteiger charge is 2.42. The Bertz CT molecular complexity index is 758. The Balaban J connectivity index is 0.00000341. The molecule has 2 fully saturated rings. The van der Waals surface area contributed by atoms with E-state index in [2.05, 4.69) is 22.5 Å². The zero-order valence-corrected chi connectivity index (χ0v) is 18.2. The van der Waals surface area contributed by atoms with Crippen molar-refractivity contribution in [3.8, 4) is 11.8 Å². The SMILES string of the molecule is COc1nc(OC2CCC(C(F)(F)F)CC2)c(F)cc1CNC(=O)[C@@H]1C[C@@H](C)CN1.Cl. The lowest BCUT2D eigenvalue weighted by molar-refractivity contribution is -0.185. The topological polar surface area (TPSA) is 72.5 Å². The van der Waals surface area contributed by atoms with Gasteiger partial charge in [0.25, 0.3) is 5.88 Å². The van der Waals surface area contributed by atoms with Crippen LogP contribution in [0.5, 0.6) is 11.8 Å². The summed E-state index contributed by atoms with van der Waals surface area (Å²) in [7, 11) is 1.37. The van der Waals surface area contributed by atoms with Crippen LogP contribution in [0.1, 0.15) is 44.6 Å². The third kappa shape index (κ3) is 6.58. The Morgan fingerprint density at radius 2 is 1.94 bits per heavy atom. The molecule has 3 rings (SSSR count). The standard InChI is InChI=1S/C20H27F4N3O3.ClH/c1-11-7-16(25-9-11)17(28)26-10-12-8-15(21)19(27-18(12)29-2)30-14-5-3-13(4-6-14)20(22,23)24;/h8,11,13-14,16,25H,3-7,9-10H2,1-2H3,(H,26,28);1H/t11-,13?,14?,16+;/m1./s1. The van der Waals surface area contributed by atoms with E-state index in [-0.39, 0.29) is 68.3 Å². The van der Waals surface area contributed by atoms with Gasteiger partial charge in [-0.15, -0.1) is 12.4 Å². The summed E-state index contributed by atoms with van der Waals surface area (Å²) in [5.41, 5.74) is 0.350. The zero-order chi connectivity index (χ0) is 21.9. The maximum absolute atomic E-state index is 14.5. The number of carbonyl (C=O) groups is 1. The number of carbonyl (C=O) groups excluding carboxylic acids is 1. The molecule has 1 aromatic heterocycles. The van der Waals surface area contributed by atoms with Crippen molar-refractivity contribution in [2.24, 2.45) is 11.8 Å². The van der Waals surface area contributed by atoms with Crippen LogP contribution in [-0.2, 0) is 11.3 Å². The van der Waals surface area contributed by atoms with Crippen LogP contribution in [0.2, 0.25) is 0 Å². The minimum Gasteiger partial charge on any atom is -0.481 e. The van der Waals surface area contributed by atoms with Crippen molar-refractivity contribution in [2.45, 2.75) is 63.9 Å². The molecule has 2 N–H and O–H groups in total. The first-order chi connectivity index (χ1) is 14.2. The fourth-order valence-electron chi connectivity index (χ4n) is 3.96. The molecule has 0 aromatic carbocycles. The molecule has 11 heteroatoms. The second-order valence-electron chi connectivity index (χ2n) is 8.10. The fourth-order valence-corrected chi connectivity index (χ4v) is 3.96. The predicted octanol–water partition coefficient (Wildman–Crippen LogP) is 3.77. The van der Waals surface area contributed by atoms with Gasteiger partial charge in [0.05, 0.1) is 19.1 Å². The maximum Gasteiger partial charge on any atom is 0.391 e. The van der Waals surface area contributed by atoms with Gasteiger partial charge >= 0.3 is 6.18 Å². The molecule has 176 valence electrons. The summed E-state index contributed by atoms with van der Waals surface area (Å²) in [6.07, 6.45) is -3.75. The number of halogens is 5. The molecular weight excluding hydrogens is 442 g/mol. The van der Waals surface area contributed by atoms with Gasteiger partial charge in [-0.3, -0.25) is 4.79 Å². The number of pyridine rings is 1. The number of methoxy groups -OCH3 is 1. The number of nitrogens with zero attached hydrogens (tertiary/aromatic N) is 1. The van der Waals surface area contributed by atoms with Crippen molar-refractivity contribution in [3.05, 3.63) is 17.4 Å². The van der Waals surface area contributed by atoms with E-state index in [9.17, 15) is 22.4 Å². The second kappa shape index (κ2) is 10.7. The summed E-state index contributed by atoms with van der Waals surface area (Å²) in [5, 5.41) is 5.87. The largest absolute Gasteiger partial charge is 0.481 e. The first kappa shape index (κ1) is 25.5. The van der Waals surface area contributed by atoms with Gasteiger partial charge in [0.1, 0.15) is 6.10 Å². The van der Waals surface area contributed by atoms with E-state index in [1.54, 1.807) is 0 Å². The molecule has 1 aliphatic carbocycles. The molecule has 1 saturated carbocycles. The van der Waals surface area contributed by atoms with Crippen molar-refractivity contribution in [1.82, 2.24) is 15.6 Å². The van der Waals surface area contributed by atoms with Crippen LogP contribution in [0.25, 0.3) is 0 Å². The van der Waals surface area contributed by atoms with Crippen LogP contribution < -0.4 is 20.1 Å². The van der Waals surface area contributed by atoms with Crippen LogP contribution in [-0.4, -0.2) is 42.9 Å². The Hall–Kier alpha value is -1.81. The predicted molar refractivity (Wildman–Crippen MR) is 108 cm³/mol. The van der Waals surface area contributed by atoms with Gasteiger partial charge in [-0.1, -0.05) is 6.92 Å². The molecular formula is C20H28ClF4N3O3. The molecule has 0 unspecified atom stereocenters. The molecule has 0 radical (unpaired) electrons. The lowest BCUT2D eigenvalue weighted by atomic mass is 9.87. The molecule has 1 aromatic rings. The van der Waals surface area contributed by atoms with E-state index in [4.69, 9.17) is 9.47 Å². The molecule has 0 bridgehead atoms. The van der Waals surface area contributed by atoms with E-state index < -0.39 is 24.0 Å². The van der Waals surface area contributed by atoms with E-state index in [1.807, 2.05) is 0 Å². The molecule has 0 spiro atoms. The number of ether oxygens (including phenoxy) is 2. The van der Waals surface area contributed by atoms with Crippen molar-refractivity contribution in [1.29, 1.82) is 0 Å². The first-order valence-electron chi connectivity index (χ1n) is 10.1. The first-order valence-corrected chi connectivity index (χ1v) is 10.1. The average molecular weight is 470 g/mol. The van der Waals surface area contributed by atoms with Crippen LogP contribution in [0.3, 0.4) is 0 Å². The molecule has 1 saturated heterocycles. The van der Waals surface area contributed by atoms with Crippen LogP contribution in [0, 0.1) is 17.7 Å². The maximum atomic E-state index is 14.5. The van der Waals surface area contributed by atoms with E-state index in [0.717, 1.165) is 13.0 Å². The number of amides is 1. The molecule has 31 heavy (non-hydrogen) atoms. The van der Waals surface area contributed by atoms with Crippen LogP contribution in [0.15, 0.2) is 6.07 Å². The van der Waals surface area contributed by atoms with E-state index in [1.165, 1.54) is 13.2 Å². The Morgan fingerprint density at radius 1 is 1.26 bits per heavy atom. The van der Waals surface area contributed by atoms with Gasteiger partial charge in [0, 0.05) is 12.1 Å². The Morgan fingerprint density at radius 3 is 2.48 bits per heavy atom. The Kier molecular flexibility index (Phi) is 8.76. The summed E-state index contributed by atoms with van der Waals surface area (Å²) in [4.78, 5) is 16.3. The van der Waals surface area contributed by atoms with Crippen molar-refractivity contribution in [3.63, 3.8) is 0 Å². The van der Waals surface area contributed by atoms with Crippen molar-refractivity contribution < 1.29 is 31.8 Å². The minimum atomic E-state index is -4.21. The van der Waals surface area contributed by atoms with E-state index >= 15 is 0 Å². The van der Waals surface area contributed by atoms with Crippen LogP contribution in [0.4, 0.5) is 17.6 Å². The molecule has 2 aliphatic rings. The normalized spacial score (nSPS) is 26.1. The zero-order valence-electron chi connectivity index (χ0n) is 17.4. The van der Waals surface area contributed by atoms with Gasteiger partial charge in [-0.2, -0.15) is 18.2 Å². The summed E-state index contributed by atoms with van der Waals surface area (Å²) >= 11 is 0. The molecule has 2 heterocycles. The number of hydrogen-bond donors (Lipinski definition) is 2. The lowest BCUT2D eigenvalue weighted by Gasteiger charge is -2.30. The number of hydrogen-bond acceptors (Lipinski definition) is 5. The molecule has 6 nitrogen and oxygen atoms in total. The quantitative estimate of drug-likeness (QED) is 0.621. The molecule has 1 aliphatic heterocycles. The van der Waals surface area contributed by atoms with Gasteiger partial charge < -0.3 is 20.1 Å². The number of rotatable bonds is 6. The fraction of sp³-hybridized carbons (Fsp3) is 0.700. The average Bonchev–Trinajstić information content (AvgIpc) is 3.14. The van der Waals surface area contributed by atoms with Crippen molar-refractivity contribution >= 4 is 18.3 Å². The van der Waals surface area contributed by atoms with Gasteiger partial charge in [-0.05, 0) is 50.6 Å². The smallest absolute Gasteiger partial charge is 0.391 e. The third-order valence-electron chi connectivity index (χ3n) is 5.71. The molecule has 2 atom stereocenters. The second-order valence-corrected chi connectivity index (χ2v) is 8.10. The summed E-state index contributed by atoms with van der Waals surface area (Å²) in [6.45, 7) is 2.86. The number of nitrogens with one attached hydrogen (secondary N) is 2.